The van der Waals surface area contributed by atoms with Crippen LogP contribution in [0.3, 0.4) is 0 Å². The van der Waals surface area contributed by atoms with E-state index >= 15 is 0 Å². The lowest BCUT2D eigenvalue weighted by atomic mass is 10.2. The summed E-state index contributed by atoms with van der Waals surface area (Å²) < 4.78 is 10.5. The number of piperazine rings is 1. The zero-order valence-electron chi connectivity index (χ0n) is 13.4. The fourth-order valence-electron chi connectivity index (χ4n) is 2.68. The van der Waals surface area contributed by atoms with Gasteiger partial charge in [-0.15, -0.1) is 6.58 Å². The third-order valence-corrected chi connectivity index (χ3v) is 4.03. The molecule has 0 N–H and O–H groups in total. The van der Waals surface area contributed by atoms with Crippen molar-refractivity contribution in [3.05, 3.63) is 42.8 Å². The summed E-state index contributed by atoms with van der Waals surface area (Å²) in [6.07, 6.45) is 1.95. The first kappa shape index (κ1) is 15.7. The molecule has 23 heavy (non-hydrogen) atoms. The highest BCUT2D eigenvalue weighted by Crippen LogP contribution is 2.20. The second kappa shape index (κ2) is 7.39. The fourth-order valence-corrected chi connectivity index (χ4v) is 2.68. The predicted octanol–water partition coefficient (Wildman–Crippen LogP) is 2.05. The Morgan fingerprint density at radius 3 is 2.52 bits per heavy atom. The van der Waals surface area contributed by atoms with Crippen molar-refractivity contribution >= 4 is 0 Å². The quantitative estimate of drug-likeness (QED) is 0.761. The van der Waals surface area contributed by atoms with Crippen LogP contribution >= 0.6 is 0 Å². The van der Waals surface area contributed by atoms with Gasteiger partial charge < -0.3 is 9.26 Å². The van der Waals surface area contributed by atoms with Crippen LogP contribution < -0.4 is 4.74 Å². The molecule has 1 fully saturated rings. The maximum atomic E-state index is 5.39. The van der Waals surface area contributed by atoms with E-state index in [1.54, 1.807) is 7.11 Å². The van der Waals surface area contributed by atoms with Crippen LogP contribution in [-0.4, -0.2) is 59.8 Å². The van der Waals surface area contributed by atoms with Crippen LogP contribution in [0.25, 0.3) is 11.4 Å². The summed E-state index contributed by atoms with van der Waals surface area (Å²) in [6, 6.07) is 7.65. The maximum absolute atomic E-state index is 5.39. The third-order valence-electron chi connectivity index (χ3n) is 4.03. The van der Waals surface area contributed by atoms with Gasteiger partial charge in [0.25, 0.3) is 0 Å². The van der Waals surface area contributed by atoms with E-state index in [2.05, 4.69) is 26.5 Å². The molecule has 2 heterocycles. The van der Waals surface area contributed by atoms with Gasteiger partial charge in [0, 0.05) is 38.3 Å². The van der Waals surface area contributed by atoms with E-state index in [0.717, 1.165) is 44.0 Å². The number of benzene rings is 1. The number of hydrogen-bond donors (Lipinski definition) is 0. The molecule has 1 aliphatic rings. The van der Waals surface area contributed by atoms with Gasteiger partial charge in [0.2, 0.25) is 11.7 Å². The molecule has 0 radical (unpaired) electrons. The Labute approximate surface area is 136 Å². The van der Waals surface area contributed by atoms with Gasteiger partial charge in [0.15, 0.2) is 0 Å². The average Bonchev–Trinajstić information content (AvgIpc) is 3.05. The minimum atomic E-state index is 0.618. The second-order valence-corrected chi connectivity index (χ2v) is 5.61. The highest BCUT2D eigenvalue weighted by molar-refractivity contribution is 5.55. The molecule has 3 rings (SSSR count). The van der Waals surface area contributed by atoms with Crippen LogP contribution in [0.5, 0.6) is 5.75 Å². The van der Waals surface area contributed by atoms with Crippen molar-refractivity contribution in [3.63, 3.8) is 0 Å². The molecule has 0 spiro atoms. The summed E-state index contributed by atoms with van der Waals surface area (Å²) in [5.41, 5.74) is 0.927. The SMILES string of the molecule is C=CCN1CCN(Cc2nc(-c3ccc(OC)cc3)no2)CC1. The van der Waals surface area contributed by atoms with E-state index in [9.17, 15) is 0 Å². The predicted molar refractivity (Wildman–Crippen MR) is 88.2 cm³/mol. The van der Waals surface area contributed by atoms with Gasteiger partial charge in [0.1, 0.15) is 5.75 Å². The average molecular weight is 314 g/mol. The standard InChI is InChI=1S/C17H22N4O2/c1-3-8-20-9-11-21(12-10-20)13-16-18-17(19-23-16)14-4-6-15(22-2)7-5-14/h3-7H,1,8-13H2,2H3. The van der Waals surface area contributed by atoms with Crippen LogP contribution in [0, 0.1) is 0 Å². The molecule has 1 aromatic heterocycles. The van der Waals surface area contributed by atoms with Crippen molar-refractivity contribution in [1.82, 2.24) is 19.9 Å². The number of methoxy groups -OCH3 is 1. The normalized spacial score (nSPS) is 16.4. The molecule has 0 saturated carbocycles. The Balaban J connectivity index is 1.58. The van der Waals surface area contributed by atoms with E-state index in [0.29, 0.717) is 18.3 Å². The first-order valence-electron chi connectivity index (χ1n) is 7.81. The smallest absolute Gasteiger partial charge is 0.241 e. The molecule has 1 aromatic carbocycles. The Morgan fingerprint density at radius 1 is 1.17 bits per heavy atom. The topological polar surface area (TPSA) is 54.6 Å². The van der Waals surface area contributed by atoms with E-state index in [1.165, 1.54) is 0 Å². The largest absolute Gasteiger partial charge is 0.497 e. The van der Waals surface area contributed by atoms with Crippen molar-refractivity contribution in [2.24, 2.45) is 0 Å². The van der Waals surface area contributed by atoms with Gasteiger partial charge in [-0.2, -0.15) is 4.98 Å². The Morgan fingerprint density at radius 2 is 1.87 bits per heavy atom. The fraction of sp³-hybridized carbons (Fsp3) is 0.412. The maximum Gasteiger partial charge on any atom is 0.241 e. The summed E-state index contributed by atoms with van der Waals surface area (Å²) in [7, 11) is 1.65. The Kier molecular flexibility index (Phi) is 5.05. The lowest BCUT2D eigenvalue weighted by molar-refractivity contribution is 0.125. The second-order valence-electron chi connectivity index (χ2n) is 5.61. The molecule has 1 saturated heterocycles. The summed E-state index contributed by atoms with van der Waals surface area (Å²) in [4.78, 5) is 9.22. The highest BCUT2D eigenvalue weighted by Gasteiger charge is 2.18. The third kappa shape index (κ3) is 3.97. The van der Waals surface area contributed by atoms with Crippen molar-refractivity contribution in [3.8, 4) is 17.1 Å². The minimum absolute atomic E-state index is 0.618. The Hall–Kier alpha value is -2.18. The molecule has 0 atom stereocenters. The van der Waals surface area contributed by atoms with E-state index in [4.69, 9.17) is 9.26 Å². The van der Waals surface area contributed by atoms with Crippen molar-refractivity contribution < 1.29 is 9.26 Å². The van der Waals surface area contributed by atoms with E-state index in [1.807, 2.05) is 30.3 Å². The van der Waals surface area contributed by atoms with Crippen LogP contribution in [0.15, 0.2) is 41.4 Å². The highest BCUT2D eigenvalue weighted by atomic mass is 16.5. The van der Waals surface area contributed by atoms with Gasteiger partial charge in [-0.25, -0.2) is 0 Å². The minimum Gasteiger partial charge on any atom is -0.497 e. The number of rotatable bonds is 6. The first-order valence-corrected chi connectivity index (χ1v) is 7.81. The molecule has 0 amide bonds. The number of hydrogen-bond acceptors (Lipinski definition) is 6. The lowest BCUT2D eigenvalue weighted by Crippen LogP contribution is -2.45. The van der Waals surface area contributed by atoms with Crippen molar-refractivity contribution in [2.45, 2.75) is 6.54 Å². The molecule has 0 aliphatic carbocycles. The first-order chi connectivity index (χ1) is 11.3. The van der Waals surface area contributed by atoms with Crippen LogP contribution in [0.1, 0.15) is 5.89 Å². The number of nitrogens with zero attached hydrogens (tertiary/aromatic N) is 4. The van der Waals surface area contributed by atoms with Crippen LogP contribution in [0.4, 0.5) is 0 Å². The van der Waals surface area contributed by atoms with Gasteiger partial charge in [0.05, 0.1) is 13.7 Å². The van der Waals surface area contributed by atoms with Crippen LogP contribution in [0.2, 0.25) is 0 Å². The zero-order chi connectivity index (χ0) is 16.1. The van der Waals surface area contributed by atoms with Gasteiger partial charge >= 0.3 is 0 Å². The summed E-state index contributed by atoms with van der Waals surface area (Å²) in [5.74, 6) is 2.09. The molecule has 1 aliphatic heterocycles. The summed E-state index contributed by atoms with van der Waals surface area (Å²) in [5, 5.41) is 4.07. The van der Waals surface area contributed by atoms with Gasteiger partial charge in [-0.1, -0.05) is 11.2 Å². The van der Waals surface area contributed by atoms with E-state index in [-0.39, 0.29) is 0 Å². The lowest BCUT2D eigenvalue weighted by Gasteiger charge is -2.33. The summed E-state index contributed by atoms with van der Waals surface area (Å²) in [6.45, 7) is 9.55. The molecule has 122 valence electrons. The van der Waals surface area contributed by atoms with Crippen molar-refractivity contribution in [2.75, 3.05) is 39.8 Å². The Bertz CT molecular complexity index is 630. The molecule has 0 bridgehead atoms. The molecule has 0 unspecified atom stereocenters. The number of aromatic nitrogens is 2. The molecular formula is C17H22N4O2. The summed E-state index contributed by atoms with van der Waals surface area (Å²) >= 11 is 0. The monoisotopic (exact) mass is 314 g/mol. The van der Waals surface area contributed by atoms with Crippen molar-refractivity contribution in [1.29, 1.82) is 0 Å². The van der Waals surface area contributed by atoms with Gasteiger partial charge in [-0.3, -0.25) is 9.80 Å². The number of ether oxygens (including phenoxy) is 1. The molecular weight excluding hydrogens is 292 g/mol. The zero-order valence-corrected chi connectivity index (χ0v) is 13.4. The molecule has 2 aromatic rings. The van der Waals surface area contributed by atoms with E-state index < -0.39 is 0 Å². The molecule has 6 heteroatoms. The molecule has 6 nitrogen and oxygen atoms in total. The van der Waals surface area contributed by atoms with Crippen LogP contribution in [-0.2, 0) is 6.54 Å². The van der Waals surface area contributed by atoms with Gasteiger partial charge in [-0.05, 0) is 24.3 Å².